The lowest BCUT2D eigenvalue weighted by molar-refractivity contribution is -0.217. The number of hydrogen-bond acceptors (Lipinski definition) is 8. The van der Waals surface area contributed by atoms with Crippen molar-refractivity contribution in [1.82, 2.24) is 5.06 Å². The Morgan fingerprint density at radius 1 is 0.451 bits per heavy atom. The van der Waals surface area contributed by atoms with Crippen LogP contribution in [0.3, 0.4) is 0 Å². The molecule has 1 N–H and O–H groups in total. The first-order valence-corrected chi connectivity index (χ1v) is 16.9. The summed E-state index contributed by atoms with van der Waals surface area (Å²) in [6, 6.07) is 45.2. The molecule has 4 atom stereocenters. The van der Waals surface area contributed by atoms with Gasteiger partial charge in [0, 0.05) is 0 Å². The van der Waals surface area contributed by atoms with E-state index in [-0.39, 0.29) is 50.8 Å². The van der Waals surface area contributed by atoms with Crippen molar-refractivity contribution in [3.63, 3.8) is 0 Å². The van der Waals surface area contributed by atoms with Crippen molar-refractivity contribution in [2.24, 2.45) is 0 Å². The number of hydrogen-bond donors (Lipinski definition) is 1. The second-order valence-electron chi connectivity index (χ2n) is 12.1. The van der Waals surface area contributed by atoms with Gasteiger partial charge in [-0.05, 0) is 34.4 Å². The highest BCUT2D eigenvalue weighted by atomic mass is 16.7. The van der Waals surface area contributed by atoms with E-state index in [4.69, 9.17) is 23.8 Å². The SMILES string of the molecule is O=C1c2ccccc2C(=O)N1OC[C@@H](OCc1ccccc1)[C@@H](OCc1ccccc1)[C@H](OCc1ccccc1)[C@@H](CO)OCc1ccccc1. The third-order valence-electron chi connectivity index (χ3n) is 8.55. The van der Waals surface area contributed by atoms with Crippen LogP contribution in [-0.4, -0.2) is 59.6 Å². The number of aliphatic hydroxyl groups excluding tert-OH is 1. The highest BCUT2D eigenvalue weighted by molar-refractivity contribution is 6.20. The minimum absolute atomic E-state index is 0.169. The molecule has 5 aromatic carbocycles. The average Bonchev–Trinajstić information content (AvgIpc) is 3.43. The molecule has 2 amide bonds. The third kappa shape index (κ3) is 9.62. The molecule has 51 heavy (non-hydrogen) atoms. The van der Waals surface area contributed by atoms with E-state index in [0.29, 0.717) is 0 Å². The molecular formula is C42H41NO8. The highest BCUT2D eigenvalue weighted by Gasteiger charge is 2.41. The van der Waals surface area contributed by atoms with Gasteiger partial charge in [-0.2, -0.15) is 0 Å². The van der Waals surface area contributed by atoms with E-state index in [0.717, 1.165) is 27.3 Å². The Morgan fingerprint density at radius 3 is 1.18 bits per heavy atom. The van der Waals surface area contributed by atoms with Gasteiger partial charge in [0.25, 0.3) is 11.8 Å². The predicted octanol–water partition coefficient (Wildman–Crippen LogP) is 6.55. The number of hydroxylamine groups is 2. The van der Waals surface area contributed by atoms with Gasteiger partial charge in [-0.1, -0.05) is 133 Å². The van der Waals surface area contributed by atoms with E-state index in [2.05, 4.69) is 0 Å². The monoisotopic (exact) mass is 687 g/mol. The Labute approximate surface area is 297 Å². The minimum atomic E-state index is -0.916. The van der Waals surface area contributed by atoms with Crippen LogP contribution in [0.5, 0.6) is 0 Å². The lowest BCUT2D eigenvalue weighted by atomic mass is 10.0. The number of nitrogens with zero attached hydrogens (tertiary/aromatic N) is 1. The van der Waals surface area contributed by atoms with Crippen molar-refractivity contribution in [3.8, 4) is 0 Å². The third-order valence-corrected chi connectivity index (χ3v) is 8.55. The molecule has 0 aliphatic carbocycles. The molecule has 0 unspecified atom stereocenters. The van der Waals surface area contributed by atoms with Crippen LogP contribution in [0.25, 0.3) is 0 Å². The maximum atomic E-state index is 13.3. The Balaban J connectivity index is 1.33. The number of benzene rings is 5. The molecule has 0 radical (unpaired) electrons. The summed E-state index contributed by atoms with van der Waals surface area (Å²) >= 11 is 0. The van der Waals surface area contributed by atoms with Gasteiger partial charge < -0.3 is 24.1 Å². The zero-order valence-electron chi connectivity index (χ0n) is 28.2. The van der Waals surface area contributed by atoms with Crippen LogP contribution < -0.4 is 0 Å². The maximum absolute atomic E-state index is 13.3. The van der Waals surface area contributed by atoms with Crippen LogP contribution in [-0.2, 0) is 50.2 Å². The van der Waals surface area contributed by atoms with E-state index >= 15 is 0 Å². The molecule has 0 fully saturated rings. The zero-order valence-corrected chi connectivity index (χ0v) is 28.2. The minimum Gasteiger partial charge on any atom is -0.394 e. The molecule has 0 saturated heterocycles. The fourth-order valence-corrected chi connectivity index (χ4v) is 5.84. The lowest BCUT2D eigenvalue weighted by Gasteiger charge is -2.37. The molecule has 9 heteroatoms. The molecule has 1 aliphatic heterocycles. The van der Waals surface area contributed by atoms with Crippen LogP contribution in [0, 0.1) is 0 Å². The van der Waals surface area contributed by atoms with Crippen molar-refractivity contribution in [2.45, 2.75) is 50.8 Å². The zero-order chi connectivity index (χ0) is 35.3. The smallest absolute Gasteiger partial charge is 0.285 e. The summed E-state index contributed by atoms with van der Waals surface area (Å²) in [7, 11) is 0. The molecule has 5 aromatic rings. The molecule has 262 valence electrons. The van der Waals surface area contributed by atoms with Crippen LogP contribution >= 0.6 is 0 Å². The average molecular weight is 688 g/mol. The van der Waals surface area contributed by atoms with Crippen LogP contribution in [0.1, 0.15) is 43.0 Å². The number of rotatable bonds is 19. The molecule has 1 aliphatic rings. The van der Waals surface area contributed by atoms with Gasteiger partial charge >= 0.3 is 0 Å². The number of carbonyl (C=O) groups excluding carboxylic acids is 2. The Bertz CT molecular complexity index is 1770. The molecule has 1 heterocycles. The number of amides is 2. The maximum Gasteiger partial charge on any atom is 0.285 e. The van der Waals surface area contributed by atoms with Crippen LogP contribution in [0.4, 0.5) is 0 Å². The van der Waals surface area contributed by atoms with E-state index in [1.807, 2.05) is 121 Å². The van der Waals surface area contributed by atoms with Gasteiger partial charge in [-0.15, -0.1) is 5.06 Å². The largest absolute Gasteiger partial charge is 0.394 e. The Hall–Kier alpha value is -5.00. The molecule has 0 saturated carbocycles. The van der Waals surface area contributed by atoms with Crippen LogP contribution in [0.15, 0.2) is 146 Å². The van der Waals surface area contributed by atoms with E-state index in [1.54, 1.807) is 24.3 Å². The summed E-state index contributed by atoms with van der Waals surface area (Å²) in [4.78, 5) is 32.6. The summed E-state index contributed by atoms with van der Waals surface area (Å²) in [5, 5.41) is 11.6. The quantitative estimate of drug-likeness (QED) is 0.0976. The standard InChI is InChI=1S/C42H41NO8/c44-25-37(47-26-31-15-5-1-6-16-31)39(49-28-33-19-9-3-10-20-33)40(50-29-34-21-11-4-12-22-34)38(48-27-32-17-7-2-8-18-32)30-51-43-41(45)35-23-13-14-24-36(35)42(43)46/h1-24,37-40,44H,25-30H2/t37-,38-,39-,40-/m1/s1. The number of fused-ring (bicyclic) bond motifs is 1. The topological polar surface area (TPSA) is 104 Å². The highest BCUT2D eigenvalue weighted by Crippen LogP contribution is 2.26. The summed E-state index contributed by atoms with van der Waals surface area (Å²) in [6.07, 6.45) is -3.58. The van der Waals surface area contributed by atoms with E-state index < -0.39 is 36.2 Å². The molecule has 6 rings (SSSR count). The van der Waals surface area contributed by atoms with Crippen molar-refractivity contribution in [1.29, 1.82) is 0 Å². The van der Waals surface area contributed by atoms with Gasteiger partial charge in [-0.3, -0.25) is 14.4 Å². The van der Waals surface area contributed by atoms with Crippen molar-refractivity contribution < 1.29 is 38.5 Å². The normalized spacial score (nSPS) is 15.0. The first-order chi connectivity index (χ1) is 25.1. The fourth-order valence-electron chi connectivity index (χ4n) is 5.84. The Kier molecular flexibility index (Phi) is 12.8. The van der Waals surface area contributed by atoms with Crippen molar-refractivity contribution in [3.05, 3.63) is 179 Å². The molecular weight excluding hydrogens is 646 g/mol. The van der Waals surface area contributed by atoms with Gasteiger partial charge in [0.1, 0.15) is 31.0 Å². The van der Waals surface area contributed by atoms with E-state index in [1.165, 1.54) is 0 Å². The second-order valence-corrected chi connectivity index (χ2v) is 12.1. The first-order valence-electron chi connectivity index (χ1n) is 16.9. The van der Waals surface area contributed by atoms with Gasteiger partial charge in [0.15, 0.2) is 0 Å². The number of ether oxygens (including phenoxy) is 4. The second kappa shape index (κ2) is 18.3. The molecule has 9 nitrogen and oxygen atoms in total. The van der Waals surface area contributed by atoms with Gasteiger partial charge in [0.05, 0.1) is 44.2 Å². The molecule has 0 bridgehead atoms. The summed E-state index contributed by atoms with van der Waals surface area (Å²) < 4.78 is 26.2. The predicted molar refractivity (Wildman–Crippen MR) is 190 cm³/mol. The van der Waals surface area contributed by atoms with E-state index in [9.17, 15) is 14.7 Å². The summed E-state index contributed by atoms with van der Waals surface area (Å²) in [5.74, 6) is -1.12. The van der Waals surface area contributed by atoms with Crippen molar-refractivity contribution in [2.75, 3.05) is 13.2 Å². The number of aliphatic hydroxyl groups is 1. The number of imide groups is 1. The van der Waals surface area contributed by atoms with Crippen LogP contribution in [0.2, 0.25) is 0 Å². The summed E-state index contributed by atoms with van der Waals surface area (Å²) in [6.45, 7) is 0.103. The number of carbonyl (C=O) groups is 2. The summed E-state index contributed by atoms with van der Waals surface area (Å²) in [5.41, 5.74) is 4.15. The van der Waals surface area contributed by atoms with Crippen molar-refractivity contribution >= 4 is 11.8 Å². The Morgan fingerprint density at radius 2 is 0.784 bits per heavy atom. The van der Waals surface area contributed by atoms with Gasteiger partial charge in [-0.25, -0.2) is 0 Å². The fraction of sp³-hybridized carbons (Fsp3) is 0.238. The molecule has 0 spiro atoms. The van der Waals surface area contributed by atoms with Gasteiger partial charge in [0.2, 0.25) is 0 Å². The first kappa shape index (κ1) is 35.8. The molecule has 0 aromatic heterocycles. The lowest BCUT2D eigenvalue weighted by Crippen LogP contribution is -2.52.